The largest absolute Gasteiger partial charge is 2.00 e. The van der Waals surface area contributed by atoms with E-state index in [4.69, 9.17) is 0 Å². The van der Waals surface area contributed by atoms with Crippen molar-refractivity contribution in [1.29, 1.82) is 0 Å². The van der Waals surface area contributed by atoms with Gasteiger partial charge in [0.25, 0.3) is 0 Å². The number of carbonyl (C=O) groups excluding carboxylic acids is 2. The third-order valence-electron chi connectivity index (χ3n) is 3.34. The van der Waals surface area contributed by atoms with Crippen molar-refractivity contribution in [3.05, 3.63) is 41.5 Å². The normalized spacial score (nSPS) is 10.9. The molecule has 4 nitrogen and oxygen atoms in total. The number of unbranched alkanes of at least 4 members (excludes halogenated alkanes) is 4. The SMILES string of the molecule is CCCCCCCc1ccccc1/C(=C/C(=O)[O-])C(=O)[O-].[Ca+2]. The first kappa shape index (κ1) is 21.2. The van der Waals surface area contributed by atoms with Gasteiger partial charge in [0.2, 0.25) is 0 Å². The zero-order chi connectivity index (χ0) is 15.7. The molecule has 1 rings (SSSR count). The van der Waals surface area contributed by atoms with E-state index in [9.17, 15) is 19.8 Å². The monoisotopic (exact) mass is 328 g/mol. The van der Waals surface area contributed by atoms with E-state index in [1.807, 2.05) is 12.1 Å². The molecular formula is C17H20CaO4. The van der Waals surface area contributed by atoms with Crippen LogP contribution in [0.4, 0.5) is 0 Å². The van der Waals surface area contributed by atoms with Gasteiger partial charge in [-0.3, -0.25) is 0 Å². The molecule has 0 N–H and O–H groups in total. The standard InChI is InChI=1S/C17H22O4.Ca/c1-2-3-4-5-6-9-13-10-7-8-11-14(13)15(17(20)21)12-16(18)19;/h7-8,10-12H,2-6,9H2,1H3,(H,18,19)(H,20,21);/q;+2/p-2/b15-12-;. The predicted octanol–water partition coefficient (Wildman–Crippen LogP) is 0.702. The van der Waals surface area contributed by atoms with Crippen molar-refractivity contribution >= 4 is 55.2 Å². The number of hydrogen-bond acceptors (Lipinski definition) is 4. The summed E-state index contributed by atoms with van der Waals surface area (Å²) in [4.78, 5) is 21.8. The molecule has 0 radical (unpaired) electrons. The first-order valence-corrected chi connectivity index (χ1v) is 7.28. The van der Waals surface area contributed by atoms with E-state index < -0.39 is 11.9 Å². The van der Waals surface area contributed by atoms with Crippen LogP contribution in [0.1, 0.15) is 50.2 Å². The Balaban J connectivity index is 0.00000441. The Morgan fingerprint density at radius 2 is 1.68 bits per heavy atom. The van der Waals surface area contributed by atoms with Crippen LogP contribution in [0.15, 0.2) is 30.3 Å². The molecule has 0 heterocycles. The maximum Gasteiger partial charge on any atom is 2.00 e. The van der Waals surface area contributed by atoms with Crippen molar-refractivity contribution in [2.75, 3.05) is 0 Å². The van der Waals surface area contributed by atoms with Crippen LogP contribution >= 0.6 is 0 Å². The smallest absolute Gasteiger partial charge is 0.545 e. The van der Waals surface area contributed by atoms with Gasteiger partial charge in [-0.25, -0.2) is 0 Å². The molecule has 22 heavy (non-hydrogen) atoms. The Morgan fingerprint density at radius 1 is 1.05 bits per heavy atom. The minimum absolute atomic E-state index is 0. The van der Waals surface area contributed by atoms with Gasteiger partial charge >= 0.3 is 37.7 Å². The molecule has 1 aromatic carbocycles. The Bertz CT molecular complexity index is 523. The molecule has 0 aliphatic heterocycles. The molecule has 0 aromatic heterocycles. The second kappa shape index (κ2) is 11.7. The Hall–Kier alpha value is -0.840. The first-order chi connectivity index (χ1) is 10.1. The fourth-order valence-corrected chi connectivity index (χ4v) is 2.28. The third-order valence-corrected chi connectivity index (χ3v) is 3.34. The van der Waals surface area contributed by atoms with Gasteiger partial charge in [0, 0.05) is 5.57 Å². The average Bonchev–Trinajstić information content (AvgIpc) is 2.45. The fraction of sp³-hybridized carbons (Fsp3) is 0.412. The van der Waals surface area contributed by atoms with E-state index in [2.05, 4.69) is 6.92 Å². The summed E-state index contributed by atoms with van der Waals surface area (Å²) >= 11 is 0. The second-order valence-corrected chi connectivity index (χ2v) is 4.99. The molecule has 0 aliphatic rings. The van der Waals surface area contributed by atoms with E-state index in [0.29, 0.717) is 11.6 Å². The van der Waals surface area contributed by atoms with Gasteiger partial charge in [0.15, 0.2) is 0 Å². The fourth-order valence-electron chi connectivity index (χ4n) is 2.28. The number of hydrogen-bond donors (Lipinski definition) is 0. The van der Waals surface area contributed by atoms with Crippen LogP contribution in [-0.4, -0.2) is 49.7 Å². The van der Waals surface area contributed by atoms with Crippen molar-refractivity contribution in [1.82, 2.24) is 0 Å². The van der Waals surface area contributed by atoms with Crippen LogP contribution in [-0.2, 0) is 16.0 Å². The third kappa shape index (κ3) is 7.43. The molecule has 0 spiro atoms. The molecule has 0 saturated heterocycles. The van der Waals surface area contributed by atoms with E-state index in [-0.39, 0.29) is 43.3 Å². The van der Waals surface area contributed by atoms with Crippen molar-refractivity contribution in [3.8, 4) is 0 Å². The number of carbonyl (C=O) groups is 2. The Labute approximate surface area is 161 Å². The van der Waals surface area contributed by atoms with Crippen LogP contribution in [0.5, 0.6) is 0 Å². The summed E-state index contributed by atoms with van der Waals surface area (Å²) < 4.78 is 0. The molecule has 114 valence electrons. The summed E-state index contributed by atoms with van der Waals surface area (Å²) in [6.45, 7) is 2.15. The van der Waals surface area contributed by atoms with E-state index in [0.717, 1.165) is 31.2 Å². The summed E-state index contributed by atoms with van der Waals surface area (Å²) in [5.41, 5.74) is 0.891. The van der Waals surface area contributed by atoms with Gasteiger partial charge < -0.3 is 19.8 Å². The topological polar surface area (TPSA) is 80.3 Å². The quantitative estimate of drug-likeness (QED) is 0.380. The molecule has 1 aromatic rings. The molecular weight excluding hydrogens is 308 g/mol. The van der Waals surface area contributed by atoms with E-state index in [1.165, 1.54) is 12.8 Å². The molecule has 0 unspecified atom stereocenters. The average molecular weight is 328 g/mol. The number of carboxylic acids is 2. The number of aliphatic carboxylic acids is 2. The first-order valence-electron chi connectivity index (χ1n) is 7.28. The molecule has 0 saturated carbocycles. The zero-order valence-electron chi connectivity index (χ0n) is 13.0. The van der Waals surface area contributed by atoms with Gasteiger partial charge in [-0.15, -0.1) is 0 Å². The van der Waals surface area contributed by atoms with Crippen LogP contribution in [0.2, 0.25) is 0 Å². The summed E-state index contributed by atoms with van der Waals surface area (Å²) in [5, 5.41) is 21.8. The van der Waals surface area contributed by atoms with Crippen molar-refractivity contribution in [2.45, 2.75) is 45.4 Å². The summed E-state index contributed by atoms with van der Waals surface area (Å²) in [6, 6.07) is 6.92. The van der Waals surface area contributed by atoms with Crippen LogP contribution in [0.3, 0.4) is 0 Å². The van der Waals surface area contributed by atoms with Gasteiger partial charge in [-0.1, -0.05) is 56.9 Å². The zero-order valence-corrected chi connectivity index (χ0v) is 15.2. The minimum atomic E-state index is -1.54. The van der Waals surface area contributed by atoms with Crippen molar-refractivity contribution in [3.63, 3.8) is 0 Å². The molecule has 0 aliphatic carbocycles. The van der Waals surface area contributed by atoms with Crippen molar-refractivity contribution in [2.24, 2.45) is 0 Å². The van der Waals surface area contributed by atoms with Gasteiger partial charge in [-0.05, 0) is 30.0 Å². The summed E-state index contributed by atoms with van der Waals surface area (Å²) in [6.07, 6.45) is 6.84. The maximum atomic E-state index is 11.1. The van der Waals surface area contributed by atoms with Crippen LogP contribution < -0.4 is 10.2 Å². The molecule has 5 heteroatoms. The van der Waals surface area contributed by atoms with Crippen LogP contribution in [0, 0.1) is 0 Å². The van der Waals surface area contributed by atoms with Gasteiger partial charge in [-0.2, -0.15) is 0 Å². The second-order valence-electron chi connectivity index (χ2n) is 4.99. The number of carboxylic acid groups (broad SMARTS) is 2. The molecule has 0 amide bonds. The van der Waals surface area contributed by atoms with Crippen molar-refractivity contribution < 1.29 is 19.8 Å². The predicted molar refractivity (Wildman–Crippen MR) is 82.7 cm³/mol. The van der Waals surface area contributed by atoms with Crippen LogP contribution in [0.25, 0.3) is 5.57 Å². The molecule has 0 atom stereocenters. The summed E-state index contributed by atoms with van der Waals surface area (Å²) in [5.74, 6) is -3.04. The van der Waals surface area contributed by atoms with Gasteiger partial charge in [0.1, 0.15) is 0 Å². The van der Waals surface area contributed by atoms with E-state index >= 15 is 0 Å². The van der Waals surface area contributed by atoms with Gasteiger partial charge in [0.05, 0.1) is 11.9 Å². The molecule has 0 bridgehead atoms. The maximum absolute atomic E-state index is 11.1. The minimum Gasteiger partial charge on any atom is -0.545 e. The molecule has 0 fully saturated rings. The number of rotatable bonds is 9. The Kier molecular flexibility index (Phi) is 11.2. The Morgan fingerprint density at radius 3 is 2.27 bits per heavy atom. The van der Waals surface area contributed by atoms with E-state index in [1.54, 1.807) is 12.1 Å². The number of benzene rings is 1. The summed E-state index contributed by atoms with van der Waals surface area (Å²) in [7, 11) is 0. The number of aryl methyl sites for hydroxylation is 1.